The van der Waals surface area contributed by atoms with Crippen molar-refractivity contribution in [1.29, 1.82) is 0 Å². The predicted octanol–water partition coefficient (Wildman–Crippen LogP) is 5.31. The van der Waals surface area contributed by atoms with Gasteiger partial charge < -0.3 is 10.2 Å². The molecule has 0 heterocycles. The van der Waals surface area contributed by atoms with Crippen LogP contribution in [0, 0.1) is 0 Å². The Morgan fingerprint density at radius 1 is 1.03 bits per heavy atom. The predicted molar refractivity (Wildman–Crippen MR) is 126 cm³/mol. The highest BCUT2D eigenvalue weighted by Gasteiger charge is 2.28. The molecule has 2 aromatic rings. The lowest BCUT2D eigenvalue weighted by molar-refractivity contribution is -0.139. The van der Waals surface area contributed by atoms with E-state index in [1.165, 1.54) is 25.3 Å². The molecule has 0 saturated carbocycles. The number of nitrogens with zero attached hydrogens (tertiary/aromatic N) is 1. The maximum Gasteiger partial charge on any atom is 0.243 e. The molecule has 3 rings (SSSR count). The van der Waals surface area contributed by atoms with Gasteiger partial charge in [0.25, 0.3) is 0 Å². The van der Waals surface area contributed by atoms with Crippen LogP contribution in [0.4, 0.5) is 0 Å². The maximum atomic E-state index is 13.2. The van der Waals surface area contributed by atoms with E-state index in [4.69, 9.17) is 11.6 Å². The summed E-state index contributed by atoms with van der Waals surface area (Å²) in [5, 5.41) is 3.73. The fourth-order valence-electron chi connectivity index (χ4n) is 4.01. The lowest BCUT2D eigenvalue weighted by Gasteiger charge is -2.30. The summed E-state index contributed by atoms with van der Waals surface area (Å²) in [6, 6.07) is 16.7. The number of allylic oxidation sites excluding steroid dienone is 1. The van der Waals surface area contributed by atoms with Gasteiger partial charge in [0.15, 0.2) is 0 Å². The first-order valence-electron chi connectivity index (χ1n) is 11.0. The largest absolute Gasteiger partial charge is 0.354 e. The van der Waals surface area contributed by atoms with Gasteiger partial charge in [0, 0.05) is 31.5 Å². The van der Waals surface area contributed by atoms with Crippen molar-refractivity contribution in [2.75, 3.05) is 6.54 Å². The molecule has 0 saturated heterocycles. The molecule has 2 amide bonds. The van der Waals surface area contributed by atoms with Crippen molar-refractivity contribution in [1.82, 2.24) is 10.2 Å². The highest BCUT2D eigenvalue weighted by atomic mass is 35.5. The minimum Gasteiger partial charge on any atom is -0.354 e. The van der Waals surface area contributed by atoms with Gasteiger partial charge in [0.2, 0.25) is 11.8 Å². The minimum absolute atomic E-state index is 0.107. The van der Waals surface area contributed by atoms with Crippen LogP contribution in [0.15, 0.2) is 66.2 Å². The van der Waals surface area contributed by atoms with Crippen molar-refractivity contribution < 1.29 is 9.59 Å². The van der Waals surface area contributed by atoms with Gasteiger partial charge in [-0.05, 0) is 55.4 Å². The van der Waals surface area contributed by atoms with Gasteiger partial charge in [-0.2, -0.15) is 0 Å². The average Bonchev–Trinajstić information content (AvgIpc) is 2.78. The average molecular weight is 439 g/mol. The molecule has 0 radical (unpaired) electrons. The van der Waals surface area contributed by atoms with E-state index in [1.54, 1.807) is 17.0 Å². The second kappa shape index (κ2) is 11.7. The molecular weight excluding hydrogens is 408 g/mol. The van der Waals surface area contributed by atoms with E-state index in [2.05, 4.69) is 11.4 Å². The zero-order valence-corrected chi connectivity index (χ0v) is 18.9. The molecule has 4 nitrogen and oxygen atoms in total. The van der Waals surface area contributed by atoms with Crippen LogP contribution >= 0.6 is 11.6 Å². The molecule has 0 fully saturated rings. The molecule has 0 aliphatic heterocycles. The van der Waals surface area contributed by atoms with Crippen LogP contribution in [0.1, 0.15) is 50.2 Å². The number of benzene rings is 2. The van der Waals surface area contributed by atoms with E-state index in [0.717, 1.165) is 30.4 Å². The molecule has 2 aromatic carbocycles. The smallest absolute Gasteiger partial charge is 0.243 e. The Morgan fingerprint density at radius 2 is 1.77 bits per heavy atom. The number of hydrogen-bond donors (Lipinski definition) is 1. The van der Waals surface area contributed by atoms with Gasteiger partial charge in [-0.3, -0.25) is 9.59 Å². The van der Waals surface area contributed by atoms with E-state index >= 15 is 0 Å². The molecule has 1 unspecified atom stereocenters. The monoisotopic (exact) mass is 438 g/mol. The summed E-state index contributed by atoms with van der Waals surface area (Å²) in [5.74, 6) is -0.231. The minimum atomic E-state index is -0.573. The molecule has 1 N–H and O–H groups in total. The normalized spacial score (nSPS) is 14.5. The number of halogens is 1. The van der Waals surface area contributed by atoms with E-state index in [1.807, 2.05) is 42.5 Å². The summed E-state index contributed by atoms with van der Waals surface area (Å²) < 4.78 is 0. The van der Waals surface area contributed by atoms with E-state index in [-0.39, 0.29) is 11.8 Å². The summed E-state index contributed by atoms with van der Waals surface area (Å²) in [5.41, 5.74) is 3.40. The van der Waals surface area contributed by atoms with Crippen LogP contribution in [-0.4, -0.2) is 29.3 Å². The van der Waals surface area contributed by atoms with Crippen molar-refractivity contribution in [3.63, 3.8) is 0 Å². The topological polar surface area (TPSA) is 49.4 Å². The molecule has 164 valence electrons. The molecule has 1 atom stereocenters. The first-order valence-corrected chi connectivity index (χ1v) is 11.4. The number of hydrogen-bond acceptors (Lipinski definition) is 2. The quantitative estimate of drug-likeness (QED) is 0.539. The van der Waals surface area contributed by atoms with Gasteiger partial charge in [-0.25, -0.2) is 0 Å². The van der Waals surface area contributed by atoms with Crippen molar-refractivity contribution in [3.8, 4) is 0 Å². The highest BCUT2D eigenvalue weighted by molar-refractivity contribution is 6.30. The van der Waals surface area contributed by atoms with Gasteiger partial charge in [-0.1, -0.05) is 65.7 Å². The summed E-state index contributed by atoms with van der Waals surface area (Å²) >= 11 is 6.00. The third-order valence-electron chi connectivity index (χ3n) is 5.75. The summed E-state index contributed by atoms with van der Waals surface area (Å²) in [4.78, 5) is 27.5. The summed E-state index contributed by atoms with van der Waals surface area (Å²) in [6.07, 6.45) is 8.41. The maximum absolute atomic E-state index is 13.2. The van der Waals surface area contributed by atoms with Crippen LogP contribution in [0.5, 0.6) is 0 Å². The summed E-state index contributed by atoms with van der Waals surface area (Å²) in [6.45, 7) is 2.49. The Morgan fingerprint density at radius 3 is 2.42 bits per heavy atom. The second-order valence-electron chi connectivity index (χ2n) is 8.13. The Labute approximate surface area is 190 Å². The molecule has 1 aliphatic carbocycles. The zero-order chi connectivity index (χ0) is 22.1. The first kappa shape index (κ1) is 23.1. The molecule has 1 aliphatic rings. The number of amides is 2. The second-order valence-corrected chi connectivity index (χ2v) is 8.56. The Hall–Kier alpha value is -2.59. The Bertz CT molecular complexity index is 893. The van der Waals surface area contributed by atoms with Crippen molar-refractivity contribution in [2.45, 2.75) is 58.0 Å². The standard InChI is InChI=1S/C26H31ClN2O2/c1-20(30)29(19-23-12-14-24(27)15-13-23)25(18-22-10-6-3-7-11-22)26(31)28-17-16-21-8-4-2-5-9-21/h3,6-8,10-15,25H,2,4-5,9,16-19H2,1H3,(H,28,31). The third kappa shape index (κ3) is 7.25. The van der Waals surface area contributed by atoms with E-state index in [0.29, 0.717) is 24.5 Å². The Kier molecular flexibility index (Phi) is 8.72. The van der Waals surface area contributed by atoms with Crippen LogP contribution < -0.4 is 5.32 Å². The van der Waals surface area contributed by atoms with Gasteiger partial charge >= 0.3 is 0 Å². The number of nitrogens with one attached hydrogen (secondary N) is 1. The van der Waals surface area contributed by atoms with E-state index < -0.39 is 6.04 Å². The number of rotatable bonds is 9. The van der Waals surface area contributed by atoms with Gasteiger partial charge in [0.1, 0.15) is 6.04 Å². The molecular formula is C26H31ClN2O2. The fourth-order valence-corrected chi connectivity index (χ4v) is 4.13. The summed E-state index contributed by atoms with van der Waals surface area (Å²) in [7, 11) is 0. The van der Waals surface area contributed by atoms with Crippen molar-refractivity contribution in [2.24, 2.45) is 0 Å². The molecule has 31 heavy (non-hydrogen) atoms. The lowest BCUT2D eigenvalue weighted by Crippen LogP contribution is -2.50. The van der Waals surface area contributed by atoms with Crippen LogP contribution in [0.2, 0.25) is 5.02 Å². The van der Waals surface area contributed by atoms with Gasteiger partial charge in [0.05, 0.1) is 0 Å². The first-order chi connectivity index (χ1) is 15.0. The van der Waals surface area contributed by atoms with Gasteiger partial charge in [-0.15, -0.1) is 0 Å². The molecule has 0 bridgehead atoms. The molecule has 0 aromatic heterocycles. The van der Waals surface area contributed by atoms with E-state index in [9.17, 15) is 9.59 Å². The fraction of sp³-hybridized carbons (Fsp3) is 0.385. The van der Waals surface area contributed by atoms with Crippen LogP contribution in [0.3, 0.4) is 0 Å². The number of carbonyl (C=O) groups is 2. The van der Waals surface area contributed by atoms with Crippen LogP contribution in [0.25, 0.3) is 0 Å². The zero-order valence-electron chi connectivity index (χ0n) is 18.1. The highest BCUT2D eigenvalue weighted by Crippen LogP contribution is 2.20. The number of carbonyl (C=O) groups excluding carboxylic acids is 2. The van der Waals surface area contributed by atoms with Crippen molar-refractivity contribution in [3.05, 3.63) is 82.4 Å². The van der Waals surface area contributed by atoms with Crippen LogP contribution in [-0.2, 0) is 22.6 Å². The lowest BCUT2D eigenvalue weighted by atomic mass is 9.97. The molecule has 0 spiro atoms. The third-order valence-corrected chi connectivity index (χ3v) is 6.00. The SMILES string of the molecule is CC(=O)N(Cc1ccc(Cl)cc1)C(Cc1ccccc1)C(=O)NCCC1=CCCCC1. The van der Waals surface area contributed by atoms with Crippen molar-refractivity contribution >= 4 is 23.4 Å². The molecule has 5 heteroatoms. The Balaban J connectivity index is 1.73.